The molecule has 1 saturated heterocycles. The lowest BCUT2D eigenvalue weighted by Gasteiger charge is -2.41. The average Bonchev–Trinajstić information content (AvgIpc) is 2.20. The van der Waals surface area contributed by atoms with Crippen LogP contribution in [0, 0.1) is 5.41 Å². The Labute approximate surface area is 95.6 Å². The third kappa shape index (κ3) is 4.55. The van der Waals surface area contributed by atoms with E-state index in [1.165, 1.54) is 57.8 Å². The third-order valence-corrected chi connectivity index (χ3v) is 3.88. The molecule has 90 valence electrons. The van der Waals surface area contributed by atoms with Gasteiger partial charge in [-0.15, -0.1) is 0 Å². The Kier molecular flexibility index (Phi) is 6.31. The highest BCUT2D eigenvalue weighted by Gasteiger charge is 2.35. The summed E-state index contributed by atoms with van der Waals surface area (Å²) < 4.78 is 5.34. The minimum atomic E-state index is 0.587. The maximum atomic E-state index is 5.34. The highest BCUT2D eigenvalue weighted by Crippen LogP contribution is 2.36. The smallest absolute Gasteiger partial charge is 0.0544 e. The molecular formula is C14H28O. The van der Waals surface area contributed by atoms with E-state index in [9.17, 15) is 0 Å². The Balaban J connectivity index is 1.88. The highest BCUT2D eigenvalue weighted by atomic mass is 16.5. The van der Waals surface area contributed by atoms with Gasteiger partial charge in [-0.3, -0.25) is 0 Å². The van der Waals surface area contributed by atoms with E-state index in [1.807, 2.05) is 0 Å². The van der Waals surface area contributed by atoms with E-state index >= 15 is 0 Å². The van der Waals surface area contributed by atoms with E-state index in [0.717, 1.165) is 13.2 Å². The van der Waals surface area contributed by atoms with Crippen LogP contribution >= 0.6 is 0 Å². The molecule has 1 rings (SSSR count). The molecule has 0 aromatic rings. The van der Waals surface area contributed by atoms with Crippen LogP contribution in [-0.4, -0.2) is 13.2 Å². The summed E-state index contributed by atoms with van der Waals surface area (Å²) in [4.78, 5) is 0. The Morgan fingerprint density at radius 2 is 1.47 bits per heavy atom. The van der Waals surface area contributed by atoms with Gasteiger partial charge in [0.25, 0.3) is 0 Å². The van der Waals surface area contributed by atoms with Crippen LogP contribution in [0.3, 0.4) is 0 Å². The van der Waals surface area contributed by atoms with Crippen molar-refractivity contribution >= 4 is 0 Å². The quantitative estimate of drug-likeness (QED) is 0.509. The van der Waals surface area contributed by atoms with Crippen LogP contribution in [0.5, 0.6) is 0 Å². The molecule has 1 fully saturated rings. The summed E-state index contributed by atoms with van der Waals surface area (Å²) in [5.41, 5.74) is 0.587. The molecule has 0 saturated carbocycles. The molecular weight excluding hydrogens is 184 g/mol. The number of hydrogen-bond acceptors (Lipinski definition) is 1. The van der Waals surface area contributed by atoms with Crippen molar-refractivity contribution in [3.05, 3.63) is 0 Å². The first-order chi connectivity index (χ1) is 7.33. The van der Waals surface area contributed by atoms with Crippen molar-refractivity contribution in [3.63, 3.8) is 0 Å². The SMILES string of the molecule is CCCCCCCCCC1(CC)COC1. The lowest BCUT2D eigenvalue weighted by molar-refractivity contribution is -0.120. The zero-order valence-electron chi connectivity index (χ0n) is 10.7. The lowest BCUT2D eigenvalue weighted by Crippen LogP contribution is -2.41. The van der Waals surface area contributed by atoms with Crippen LogP contribution < -0.4 is 0 Å². The number of unbranched alkanes of at least 4 members (excludes halogenated alkanes) is 6. The second-order valence-electron chi connectivity index (χ2n) is 5.22. The van der Waals surface area contributed by atoms with Crippen molar-refractivity contribution in [1.82, 2.24) is 0 Å². The molecule has 0 bridgehead atoms. The fourth-order valence-corrected chi connectivity index (χ4v) is 2.37. The van der Waals surface area contributed by atoms with Crippen LogP contribution in [0.15, 0.2) is 0 Å². The maximum absolute atomic E-state index is 5.34. The van der Waals surface area contributed by atoms with Gasteiger partial charge >= 0.3 is 0 Å². The van der Waals surface area contributed by atoms with Gasteiger partial charge < -0.3 is 4.74 Å². The summed E-state index contributed by atoms with van der Waals surface area (Å²) >= 11 is 0. The predicted octanol–water partition coefficient (Wildman–Crippen LogP) is 4.55. The van der Waals surface area contributed by atoms with Crippen molar-refractivity contribution in [3.8, 4) is 0 Å². The van der Waals surface area contributed by atoms with Crippen molar-refractivity contribution in [2.75, 3.05) is 13.2 Å². The molecule has 1 aliphatic rings. The topological polar surface area (TPSA) is 9.23 Å². The van der Waals surface area contributed by atoms with Gasteiger partial charge in [0.1, 0.15) is 0 Å². The van der Waals surface area contributed by atoms with Crippen LogP contribution in [0.4, 0.5) is 0 Å². The molecule has 0 aliphatic carbocycles. The van der Waals surface area contributed by atoms with Gasteiger partial charge in [0.05, 0.1) is 13.2 Å². The lowest BCUT2D eigenvalue weighted by atomic mass is 9.78. The summed E-state index contributed by atoms with van der Waals surface area (Å²) in [6, 6.07) is 0. The minimum absolute atomic E-state index is 0.587. The van der Waals surface area contributed by atoms with Crippen molar-refractivity contribution in [1.29, 1.82) is 0 Å². The molecule has 15 heavy (non-hydrogen) atoms. The second kappa shape index (κ2) is 7.27. The zero-order valence-corrected chi connectivity index (χ0v) is 10.7. The van der Waals surface area contributed by atoms with Crippen molar-refractivity contribution < 1.29 is 4.74 Å². The number of rotatable bonds is 9. The monoisotopic (exact) mass is 212 g/mol. The highest BCUT2D eigenvalue weighted by molar-refractivity contribution is 4.83. The van der Waals surface area contributed by atoms with Gasteiger partial charge in [-0.2, -0.15) is 0 Å². The third-order valence-electron chi connectivity index (χ3n) is 3.88. The molecule has 1 nitrogen and oxygen atoms in total. The van der Waals surface area contributed by atoms with Gasteiger partial charge in [0.15, 0.2) is 0 Å². The molecule has 0 aromatic carbocycles. The molecule has 0 radical (unpaired) electrons. The first-order valence-electron chi connectivity index (χ1n) is 6.91. The molecule has 0 aromatic heterocycles. The van der Waals surface area contributed by atoms with E-state index in [2.05, 4.69) is 13.8 Å². The summed E-state index contributed by atoms with van der Waals surface area (Å²) in [5.74, 6) is 0. The molecule has 0 spiro atoms. The van der Waals surface area contributed by atoms with Crippen LogP contribution in [-0.2, 0) is 4.74 Å². The Morgan fingerprint density at radius 3 is 1.93 bits per heavy atom. The van der Waals surface area contributed by atoms with Crippen LogP contribution in [0.1, 0.15) is 71.6 Å². The summed E-state index contributed by atoms with van der Waals surface area (Å²) in [6.45, 7) is 6.64. The standard InChI is InChI=1S/C14H28O/c1-3-5-6-7-8-9-10-11-14(4-2)12-15-13-14/h3-13H2,1-2H3. The summed E-state index contributed by atoms with van der Waals surface area (Å²) in [5, 5.41) is 0. The van der Waals surface area contributed by atoms with Crippen LogP contribution in [0.25, 0.3) is 0 Å². The fourth-order valence-electron chi connectivity index (χ4n) is 2.37. The Bertz CT molecular complexity index is 144. The predicted molar refractivity (Wildman–Crippen MR) is 66.2 cm³/mol. The summed E-state index contributed by atoms with van der Waals surface area (Å²) in [6.07, 6.45) is 12.7. The largest absolute Gasteiger partial charge is 0.380 e. The molecule has 0 atom stereocenters. The molecule has 1 heteroatoms. The molecule has 1 aliphatic heterocycles. The molecule has 0 N–H and O–H groups in total. The van der Waals surface area contributed by atoms with Gasteiger partial charge in [-0.25, -0.2) is 0 Å². The van der Waals surface area contributed by atoms with E-state index in [1.54, 1.807) is 0 Å². The van der Waals surface area contributed by atoms with Crippen LogP contribution in [0.2, 0.25) is 0 Å². The maximum Gasteiger partial charge on any atom is 0.0544 e. The second-order valence-corrected chi connectivity index (χ2v) is 5.22. The van der Waals surface area contributed by atoms with Gasteiger partial charge in [-0.1, -0.05) is 58.8 Å². The average molecular weight is 212 g/mol. The first-order valence-corrected chi connectivity index (χ1v) is 6.91. The number of ether oxygens (including phenoxy) is 1. The normalized spacial score (nSPS) is 18.8. The fraction of sp³-hybridized carbons (Fsp3) is 1.00. The van der Waals surface area contributed by atoms with E-state index in [-0.39, 0.29) is 0 Å². The van der Waals surface area contributed by atoms with E-state index in [0.29, 0.717) is 5.41 Å². The zero-order chi connectivity index (χ0) is 11.0. The van der Waals surface area contributed by atoms with Gasteiger partial charge in [-0.05, 0) is 12.8 Å². The van der Waals surface area contributed by atoms with Crippen molar-refractivity contribution in [2.45, 2.75) is 71.6 Å². The van der Waals surface area contributed by atoms with Gasteiger partial charge in [0, 0.05) is 5.41 Å². The molecule has 0 amide bonds. The van der Waals surface area contributed by atoms with E-state index < -0.39 is 0 Å². The van der Waals surface area contributed by atoms with Crippen molar-refractivity contribution in [2.24, 2.45) is 5.41 Å². The first kappa shape index (κ1) is 13.0. The van der Waals surface area contributed by atoms with Gasteiger partial charge in [0.2, 0.25) is 0 Å². The Morgan fingerprint density at radius 1 is 0.867 bits per heavy atom. The minimum Gasteiger partial charge on any atom is -0.380 e. The molecule has 1 heterocycles. The van der Waals surface area contributed by atoms with E-state index in [4.69, 9.17) is 4.74 Å². The Hall–Kier alpha value is -0.0400. The molecule has 0 unspecified atom stereocenters. The number of hydrogen-bond donors (Lipinski definition) is 0. The summed E-state index contributed by atoms with van der Waals surface area (Å²) in [7, 11) is 0.